The number of nitrogens with one attached hydrogen (secondary N) is 2. The molecule has 1 saturated heterocycles. The van der Waals surface area contributed by atoms with E-state index in [-0.39, 0.29) is 5.91 Å². The van der Waals surface area contributed by atoms with E-state index in [0.29, 0.717) is 30.9 Å². The highest BCUT2D eigenvalue weighted by Gasteiger charge is 2.20. The fourth-order valence-electron chi connectivity index (χ4n) is 2.30. The second-order valence-corrected chi connectivity index (χ2v) is 7.17. The minimum absolute atomic E-state index is 0.0170. The Morgan fingerprint density at radius 1 is 1.13 bits per heavy atom. The van der Waals surface area contributed by atoms with Gasteiger partial charge in [-0.3, -0.25) is 9.52 Å². The van der Waals surface area contributed by atoms with Crippen LogP contribution in [-0.2, 0) is 10.2 Å². The van der Waals surface area contributed by atoms with Crippen molar-refractivity contribution in [1.82, 2.24) is 14.5 Å². The van der Waals surface area contributed by atoms with Crippen LogP contribution >= 0.6 is 0 Å². The molecule has 1 aliphatic rings. The maximum Gasteiger partial charge on any atom is 0.299 e. The van der Waals surface area contributed by atoms with Gasteiger partial charge in [-0.05, 0) is 37.7 Å². The number of anilines is 1. The highest BCUT2D eigenvalue weighted by molar-refractivity contribution is 7.90. The number of hydrogen-bond acceptors (Lipinski definition) is 4. The first-order valence-electron chi connectivity index (χ1n) is 7.76. The van der Waals surface area contributed by atoms with Crippen LogP contribution in [0.4, 0.5) is 5.69 Å². The molecule has 1 heterocycles. The van der Waals surface area contributed by atoms with Gasteiger partial charge in [-0.1, -0.05) is 6.92 Å². The Bertz CT molecular complexity index is 623. The van der Waals surface area contributed by atoms with Crippen molar-refractivity contribution < 1.29 is 13.2 Å². The van der Waals surface area contributed by atoms with Crippen LogP contribution in [0, 0.1) is 0 Å². The Morgan fingerprint density at radius 3 is 2.30 bits per heavy atom. The summed E-state index contributed by atoms with van der Waals surface area (Å²) in [7, 11) is -1.52. The maximum atomic E-state index is 12.4. The predicted octanol–water partition coefficient (Wildman–Crippen LogP) is 0.731. The van der Waals surface area contributed by atoms with Gasteiger partial charge in [0.05, 0.1) is 0 Å². The van der Waals surface area contributed by atoms with Crippen molar-refractivity contribution in [2.24, 2.45) is 0 Å². The maximum absolute atomic E-state index is 12.4. The highest BCUT2D eigenvalue weighted by Crippen LogP contribution is 2.13. The van der Waals surface area contributed by atoms with E-state index in [0.717, 1.165) is 19.5 Å². The Balaban J connectivity index is 1.97. The lowest BCUT2D eigenvalue weighted by molar-refractivity contribution is 0.0664. The van der Waals surface area contributed by atoms with Gasteiger partial charge < -0.3 is 9.80 Å². The van der Waals surface area contributed by atoms with E-state index < -0.39 is 10.2 Å². The van der Waals surface area contributed by atoms with Crippen LogP contribution in [0.1, 0.15) is 23.7 Å². The SMILES string of the molecule is CCCNS(=O)(=O)Nc1ccc(C(=O)N2CCN(C)CC2)cc1. The standard InChI is InChI=1S/C15H24N4O3S/c1-3-8-16-23(21,22)17-14-6-4-13(5-7-14)15(20)19-11-9-18(2)10-12-19/h4-7,16-17H,3,8-12H2,1-2H3. The zero-order valence-corrected chi connectivity index (χ0v) is 14.4. The minimum atomic E-state index is -3.56. The van der Waals surface area contributed by atoms with E-state index in [1.54, 1.807) is 24.3 Å². The van der Waals surface area contributed by atoms with Gasteiger partial charge in [-0.2, -0.15) is 13.1 Å². The topological polar surface area (TPSA) is 81.8 Å². The van der Waals surface area contributed by atoms with Crippen LogP contribution in [0.5, 0.6) is 0 Å². The van der Waals surface area contributed by atoms with Crippen molar-refractivity contribution in [2.45, 2.75) is 13.3 Å². The number of hydrogen-bond donors (Lipinski definition) is 2. The van der Waals surface area contributed by atoms with E-state index in [9.17, 15) is 13.2 Å². The molecule has 0 bridgehead atoms. The molecule has 1 aromatic carbocycles. The summed E-state index contributed by atoms with van der Waals surface area (Å²) in [5, 5.41) is 0. The first-order valence-corrected chi connectivity index (χ1v) is 9.25. The molecule has 0 aromatic heterocycles. The second-order valence-electron chi connectivity index (χ2n) is 5.67. The molecule has 0 atom stereocenters. The third kappa shape index (κ3) is 5.19. The molecule has 1 aliphatic heterocycles. The Labute approximate surface area is 137 Å². The average Bonchev–Trinajstić information content (AvgIpc) is 2.53. The van der Waals surface area contributed by atoms with E-state index in [1.807, 2.05) is 18.9 Å². The largest absolute Gasteiger partial charge is 0.336 e. The molecular formula is C15H24N4O3S. The lowest BCUT2D eigenvalue weighted by Crippen LogP contribution is -2.47. The number of benzene rings is 1. The van der Waals surface area contributed by atoms with Crippen molar-refractivity contribution in [3.63, 3.8) is 0 Å². The molecule has 1 amide bonds. The van der Waals surface area contributed by atoms with E-state index >= 15 is 0 Å². The van der Waals surface area contributed by atoms with Gasteiger partial charge in [0.15, 0.2) is 0 Å². The third-order valence-electron chi connectivity index (χ3n) is 3.72. The van der Waals surface area contributed by atoms with Crippen molar-refractivity contribution >= 4 is 21.8 Å². The van der Waals surface area contributed by atoms with Gasteiger partial charge in [-0.15, -0.1) is 0 Å². The molecule has 128 valence electrons. The van der Waals surface area contributed by atoms with Gasteiger partial charge in [0.2, 0.25) is 0 Å². The van der Waals surface area contributed by atoms with E-state index in [4.69, 9.17) is 0 Å². The van der Waals surface area contributed by atoms with Crippen LogP contribution in [0.3, 0.4) is 0 Å². The summed E-state index contributed by atoms with van der Waals surface area (Å²) in [6.45, 7) is 5.44. The number of nitrogens with zero attached hydrogens (tertiary/aromatic N) is 2. The molecule has 7 nitrogen and oxygen atoms in total. The van der Waals surface area contributed by atoms with Gasteiger partial charge >= 0.3 is 0 Å². The first kappa shape index (κ1) is 17.7. The molecule has 0 unspecified atom stereocenters. The average molecular weight is 340 g/mol. The smallest absolute Gasteiger partial charge is 0.299 e. The highest BCUT2D eigenvalue weighted by atomic mass is 32.2. The van der Waals surface area contributed by atoms with Crippen LogP contribution in [0.25, 0.3) is 0 Å². The van der Waals surface area contributed by atoms with Crippen molar-refractivity contribution in [2.75, 3.05) is 44.5 Å². The monoisotopic (exact) mass is 340 g/mol. The van der Waals surface area contributed by atoms with Crippen molar-refractivity contribution in [1.29, 1.82) is 0 Å². The molecule has 1 fully saturated rings. The number of amides is 1. The quantitative estimate of drug-likeness (QED) is 0.800. The van der Waals surface area contributed by atoms with E-state index in [2.05, 4.69) is 14.3 Å². The Morgan fingerprint density at radius 2 is 1.74 bits per heavy atom. The fraction of sp³-hybridized carbons (Fsp3) is 0.533. The van der Waals surface area contributed by atoms with Crippen LogP contribution < -0.4 is 9.44 Å². The van der Waals surface area contributed by atoms with Crippen LogP contribution in [0.2, 0.25) is 0 Å². The molecule has 23 heavy (non-hydrogen) atoms. The lowest BCUT2D eigenvalue weighted by Gasteiger charge is -2.32. The molecular weight excluding hydrogens is 316 g/mol. The summed E-state index contributed by atoms with van der Waals surface area (Å²) < 4.78 is 28.4. The zero-order valence-electron chi connectivity index (χ0n) is 13.6. The van der Waals surface area contributed by atoms with Crippen LogP contribution in [0.15, 0.2) is 24.3 Å². The lowest BCUT2D eigenvalue weighted by atomic mass is 10.1. The number of rotatable bonds is 6. The molecule has 8 heteroatoms. The Kier molecular flexibility index (Phi) is 5.97. The molecule has 2 N–H and O–H groups in total. The fourth-order valence-corrected chi connectivity index (χ4v) is 3.29. The zero-order chi connectivity index (χ0) is 16.9. The van der Waals surface area contributed by atoms with Crippen LogP contribution in [-0.4, -0.2) is 63.9 Å². The minimum Gasteiger partial charge on any atom is -0.336 e. The molecule has 0 saturated carbocycles. The molecule has 0 aliphatic carbocycles. The van der Waals surface area contributed by atoms with Gasteiger partial charge in [0, 0.05) is 44.0 Å². The summed E-state index contributed by atoms with van der Waals surface area (Å²) in [6.07, 6.45) is 0.722. The summed E-state index contributed by atoms with van der Waals surface area (Å²) in [4.78, 5) is 16.4. The normalized spacial score (nSPS) is 16.3. The molecule has 1 aromatic rings. The van der Waals surface area contributed by atoms with Crippen molar-refractivity contribution in [3.05, 3.63) is 29.8 Å². The predicted molar refractivity (Wildman–Crippen MR) is 90.7 cm³/mol. The summed E-state index contributed by atoms with van der Waals surface area (Å²) >= 11 is 0. The number of carbonyl (C=O) groups excluding carboxylic acids is 1. The summed E-state index contributed by atoms with van der Waals surface area (Å²) in [5.74, 6) is -0.0170. The van der Waals surface area contributed by atoms with E-state index in [1.165, 1.54) is 0 Å². The number of carbonyl (C=O) groups is 1. The Hall–Kier alpha value is -1.64. The van der Waals surface area contributed by atoms with Gasteiger partial charge in [-0.25, -0.2) is 0 Å². The second kappa shape index (κ2) is 7.76. The van der Waals surface area contributed by atoms with Crippen molar-refractivity contribution in [3.8, 4) is 0 Å². The number of piperazine rings is 1. The van der Waals surface area contributed by atoms with Gasteiger partial charge in [0.1, 0.15) is 0 Å². The molecule has 0 spiro atoms. The summed E-state index contributed by atoms with van der Waals surface area (Å²) in [5.41, 5.74) is 1.00. The third-order valence-corrected chi connectivity index (χ3v) is 4.81. The van der Waals surface area contributed by atoms with Gasteiger partial charge in [0.25, 0.3) is 16.1 Å². The summed E-state index contributed by atoms with van der Waals surface area (Å²) in [6, 6.07) is 6.51. The first-order chi connectivity index (χ1) is 10.9. The number of likely N-dealkylation sites (N-methyl/N-ethyl adjacent to an activating group) is 1. The molecule has 0 radical (unpaired) electrons. The molecule has 2 rings (SSSR count).